The number of methoxy groups -OCH3 is 1. The molecule has 2 amide bonds. The highest BCUT2D eigenvalue weighted by Crippen LogP contribution is 2.33. The molecule has 0 aliphatic heterocycles. The summed E-state index contributed by atoms with van der Waals surface area (Å²) in [6, 6.07) is 7.47. The summed E-state index contributed by atoms with van der Waals surface area (Å²) >= 11 is 0. The van der Waals surface area contributed by atoms with Crippen LogP contribution >= 0.6 is 0 Å². The van der Waals surface area contributed by atoms with Gasteiger partial charge in [0.25, 0.3) is 5.88 Å². The molecule has 0 saturated heterocycles. The number of urea groups is 1. The average molecular weight is 422 g/mol. The third kappa shape index (κ3) is 5.13. The van der Waals surface area contributed by atoms with E-state index < -0.39 is 23.6 Å². The van der Waals surface area contributed by atoms with E-state index in [1.807, 2.05) is 0 Å². The summed E-state index contributed by atoms with van der Waals surface area (Å²) < 4.78 is 62.2. The van der Waals surface area contributed by atoms with Crippen LogP contribution in [-0.4, -0.2) is 23.1 Å². The number of rotatable bonds is 5. The van der Waals surface area contributed by atoms with Gasteiger partial charge in [-0.3, -0.25) is 0 Å². The quantitative estimate of drug-likeness (QED) is 0.560. The Hall–Kier alpha value is -3.89. The summed E-state index contributed by atoms with van der Waals surface area (Å²) in [4.78, 5) is 19.8. The first-order valence-electron chi connectivity index (χ1n) is 8.33. The zero-order valence-corrected chi connectivity index (χ0v) is 15.3. The van der Waals surface area contributed by atoms with Crippen molar-refractivity contribution in [1.29, 1.82) is 0 Å². The summed E-state index contributed by atoms with van der Waals surface area (Å²) in [5.41, 5.74) is -1.34. The Bertz CT molecular complexity index is 1040. The third-order valence-corrected chi connectivity index (χ3v) is 3.71. The lowest BCUT2D eigenvalue weighted by Gasteiger charge is -2.12. The zero-order valence-electron chi connectivity index (χ0n) is 15.3. The molecule has 0 aliphatic rings. The largest absolute Gasteiger partial charge is 0.478 e. The molecule has 1 aromatic heterocycles. The molecule has 0 unspecified atom stereocenters. The van der Waals surface area contributed by atoms with E-state index in [0.717, 1.165) is 6.07 Å². The fourth-order valence-corrected chi connectivity index (χ4v) is 2.38. The Labute approximate surface area is 167 Å². The third-order valence-electron chi connectivity index (χ3n) is 3.71. The predicted molar refractivity (Wildman–Crippen MR) is 99.1 cm³/mol. The fraction of sp³-hybridized carbons (Fsp3) is 0.105. The molecule has 0 fully saturated rings. The monoisotopic (exact) mass is 422 g/mol. The maximum atomic E-state index is 13.3. The van der Waals surface area contributed by atoms with Crippen molar-refractivity contribution in [2.24, 2.45) is 0 Å². The lowest BCUT2D eigenvalue weighted by molar-refractivity contribution is -0.139. The molecular formula is C19H14F4N4O3. The lowest BCUT2D eigenvalue weighted by Crippen LogP contribution is -2.20. The second-order valence-electron chi connectivity index (χ2n) is 5.79. The van der Waals surface area contributed by atoms with Crippen LogP contribution in [0.3, 0.4) is 0 Å². The highest BCUT2D eigenvalue weighted by Gasteiger charge is 2.34. The molecule has 11 heteroatoms. The molecule has 0 spiro atoms. The standard InChI is InChI=1S/C19H14F4N4O3/c1-29-17-16(9-24-10-25-17)30-13-5-2-11(3-6-13)26-18(28)27-12-4-7-15(20)14(8-12)19(21,22)23/h2-10H,1H3,(H2,26,27,28). The Morgan fingerprint density at radius 2 is 1.70 bits per heavy atom. The van der Waals surface area contributed by atoms with Gasteiger partial charge in [-0.1, -0.05) is 0 Å². The maximum Gasteiger partial charge on any atom is 0.419 e. The second kappa shape index (κ2) is 8.64. The number of anilines is 2. The number of hydrogen-bond acceptors (Lipinski definition) is 5. The van der Waals surface area contributed by atoms with Gasteiger partial charge < -0.3 is 20.1 Å². The van der Waals surface area contributed by atoms with Crippen LogP contribution in [0.2, 0.25) is 0 Å². The van der Waals surface area contributed by atoms with Gasteiger partial charge in [-0.15, -0.1) is 0 Å². The Morgan fingerprint density at radius 3 is 2.37 bits per heavy atom. The van der Waals surface area contributed by atoms with Crippen LogP contribution in [0.25, 0.3) is 0 Å². The van der Waals surface area contributed by atoms with Crippen molar-refractivity contribution in [1.82, 2.24) is 9.97 Å². The van der Waals surface area contributed by atoms with Crippen molar-refractivity contribution in [2.75, 3.05) is 17.7 Å². The highest BCUT2D eigenvalue weighted by atomic mass is 19.4. The van der Waals surface area contributed by atoms with Gasteiger partial charge in [0.05, 0.1) is 18.9 Å². The maximum absolute atomic E-state index is 13.3. The number of amides is 2. The van der Waals surface area contributed by atoms with E-state index in [4.69, 9.17) is 9.47 Å². The van der Waals surface area contributed by atoms with E-state index in [1.54, 1.807) is 12.1 Å². The molecule has 3 aromatic rings. The molecule has 30 heavy (non-hydrogen) atoms. The SMILES string of the molecule is COc1ncncc1Oc1ccc(NC(=O)Nc2ccc(F)c(C(F)(F)F)c2)cc1. The average Bonchev–Trinajstić information content (AvgIpc) is 2.70. The summed E-state index contributed by atoms with van der Waals surface area (Å²) in [7, 11) is 1.43. The van der Waals surface area contributed by atoms with Gasteiger partial charge in [-0.25, -0.2) is 14.2 Å². The first kappa shape index (κ1) is 20.8. The molecule has 3 rings (SSSR count). The predicted octanol–water partition coefficient (Wildman–Crippen LogP) is 5.08. The van der Waals surface area contributed by atoms with Gasteiger partial charge in [0.2, 0.25) is 5.75 Å². The van der Waals surface area contributed by atoms with Gasteiger partial charge in [-0.2, -0.15) is 18.2 Å². The van der Waals surface area contributed by atoms with E-state index in [1.165, 1.54) is 31.8 Å². The number of alkyl halides is 3. The topological polar surface area (TPSA) is 85.4 Å². The Balaban J connectivity index is 1.64. The van der Waals surface area contributed by atoms with Crippen molar-refractivity contribution >= 4 is 17.4 Å². The Kier molecular flexibility index (Phi) is 6.00. The van der Waals surface area contributed by atoms with Crippen LogP contribution in [0, 0.1) is 5.82 Å². The molecule has 2 aromatic carbocycles. The van der Waals surface area contributed by atoms with Crippen LogP contribution in [0.5, 0.6) is 17.4 Å². The van der Waals surface area contributed by atoms with E-state index in [-0.39, 0.29) is 17.3 Å². The van der Waals surface area contributed by atoms with Gasteiger partial charge in [0, 0.05) is 11.4 Å². The molecule has 156 valence electrons. The molecule has 0 bridgehead atoms. The first-order valence-corrected chi connectivity index (χ1v) is 8.33. The van der Waals surface area contributed by atoms with Crippen molar-refractivity contribution in [3.63, 3.8) is 0 Å². The van der Waals surface area contributed by atoms with Gasteiger partial charge in [0.1, 0.15) is 17.9 Å². The van der Waals surface area contributed by atoms with Gasteiger partial charge in [0.15, 0.2) is 0 Å². The molecule has 0 saturated carbocycles. The van der Waals surface area contributed by atoms with Crippen LogP contribution < -0.4 is 20.1 Å². The normalized spacial score (nSPS) is 11.0. The minimum absolute atomic E-state index is 0.211. The van der Waals surface area contributed by atoms with Crippen molar-refractivity contribution in [2.45, 2.75) is 6.18 Å². The van der Waals surface area contributed by atoms with Crippen LogP contribution in [0.1, 0.15) is 5.56 Å². The molecule has 1 heterocycles. The highest BCUT2D eigenvalue weighted by molar-refractivity contribution is 5.99. The van der Waals surface area contributed by atoms with E-state index in [0.29, 0.717) is 23.6 Å². The van der Waals surface area contributed by atoms with Gasteiger partial charge in [-0.05, 0) is 42.5 Å². The summed E-state index contributed by atoms with van der Waals surface area (Å²) in [5.74, 6) is -0.494. The van der Waals surface area contributed by atoms with Crippen LogP contribution in [-0.2, 0) is 6.18 Å². The van der Waals surface area contributed by atoms with Crippen molar-refractivity contribution in [3.8, 4) is 17.4 Å². The van der Waals surface area contributed by atoms with Crippen molar-refractivity contribution < 1.29 is 31.8 Å². The van der Waals surface area contributed by atoms with Gasteiger partial charge >= 0.3 is 12.2 Å². The number of nitrogens with one attached hydrogen (secondary N) is 2. The zero-order chi connectivity index (χ0) is 21.7. The number of carbonyl (C=O) groups excluding carboxylic acids is 1. The summed E-state index contributed by atoms with van der Waals surface area (Å²) in [6.45, 7) is 0. The number of hydrogen-bond donors (Lipinski definition) is 2. The molecule has 7 nitrogen and oxygen atoms in total. The van der Waals surface area contributed by atoms with Crippen molar-refractivity contribution in [3.05, 3.63) is 66.4 Å². The number of benzene rings is 2. The first-order chi connectivity index (χ1) is 14.3. The number of halogens is 4. The van der Waals surface area contributed by atoms with E-state index in [2.05, 4.69) is 20.6 Å². The number of ether oxygens (including phenoxy) is 2. The molecular weight excluding hydrogens is 408 g/mol. The number of nitrogens with zero attached hydrogens (tertiary/aromatic N) is 2. The summed E-state index contributed by atoms with van der Waals surface area (Å²) in [6.07, 6.45) is -2.15. The molecule has 0 radical (unpaired) electrons. The van der Waals surface area contributed by atoms with Crippen LogP contribution in [0.15, 0.2) is 55.0 Å². The van der Waals surface area contributed by atoms with E-state index in [9.17, 15) is 22.4 Å². The minimum atomic E-state index is -4.87. The number of aromatic nitrogens is 2. The Morgan fingerprint density at radius 1 is 1.03 bits per heavy atom. The summed E-state index contributed by atoms with van der Waals surface area (Å²) in [5, 5.41) is 4.67. The second-order valence-corrected chi connectivity index (χ2v) is 5.79. The molecule has 0 aliphatic carbocycles. The number of carbonyl (C=O) groups is 1. The molecule has 2 N–H and O–H groups in total. The smallest absolute Gasteiger partial charge is 0.419 e. The lowest BCUT2D eigenvalue weighted by atomic mass is 10.2. The fourth-order valence-electron chi connectivity index (χ4n) is 2.38. The van der Waals surface area contributed by atoms with Crippen LogP contribution in [0.4, 0.5) is 33.7 Å². The van der Waals surface area contributed by atoms with E-state index >= 15 is 0 Å². The minimum Gasteiger partial charge on any atom is -0.478 e. The molecule has 0 atom stereocenters.